The van der Waals surface area contributed by atoms with Gasteiger partial charge in [0.1, 0.15) is 0 Å². The first-order valence-corrected chi connectivity index (χ1v) is 11.5. The molecule has 2 fully saturated rings. The fraction of sp³-hybridized carbons (Fsp3) is 0.667. The van der Waals surface area contributed by atoms with Crippen LogP contribution in [0.2, 0.25) is 5.02 Å². The summed E-state index contributed by atoms with van der Waals surface area (Å²) in [6.45, 7) is 14.7. The molecule has 3 rings (SSSR count). The summed E-state index contributed by atoms with van der Waals surface area (Å²) in [4.78, 5) is 30.2. The summed E-state index contributed by atoms with van der Waals surface area (Å²) in [5, 5.41) is 3.82. The van der Waals surface area contributed by atoms with Crippen LogP contribution in [-0.4, -0.2) is 58.9 Å². The fourth-order valence-electron chi connectivity index (χ4n) is 4.67. The highest BCUT2D eigenvalue weighted by Crippen LogP contribution is 2.38. The number of hydrogen-bond donors (Lipinski definition) is 1. The summed E-state index contributed by atoms with van der Waals surface area (Å²) in [5.41, 5.74) is 1.17. The normalized spacial score (nSPS) is 27.7. The molecule has 0 radical (unpaired) electrons. The highest BCUT2D eigenvalue weighted by molar-refractivity contribution is 6.30. The Hall–Kier alpha value is -1.59. The summed E-state index contributed by atoms with van der Waals surface area (Å²) >= 11 is 6.10. The highest BCUT2D eigenvalue weighted by atomic mass is 35.5. The number of carbonyl (C=O) groups is 2. The number of carbonyl (C=O) groups excluding carboxylic acids is 2. The van der Waals surface area contributed by atoms with E-state index in [1.54, 1.807) is 0 Å². The van der Waals surface area contributed by atoms with E-state index < -0.39 is 0 Å². The molecule has 2 aliphatic rings. The lowest BCUT2D eigenvalue weighted by molar-refractivity contribution is -0.136. The maximum Gasteiger partial charge on any atom is 0.227 e. The molecule has 0 aliphatic carbocycles. The smallest absolute Gasteiger partial charge is 0.227 e. The number of hydrogen-bond acceptors (Lipinski definition) is 3. The minimum Gasteiger partial charge on any atom is -0.351 e. The third kappa shape index (κ3) is 5.00. The van der Waals surface area contributed by atoms with Crippen molar-refractivity contribution in [3.05, 3.63) is 34.9 Å². The van der Waals surface area contributed by atoms with Gasteiger partial charge < -0.3 is 10.2 Å². The van der Waals surface area contributed by atoms with Crippen LogP contribution in [0, 0.1) is 11.8 Å². The molecule has 6 heteroatoms. The SMILES string of the molecule is CC(C)C(=O)N[C@H]1C[C@@H](C)N(C(=O)[C@@H]2CN(C(C)(C)C)C[C@H]2c2ccc(Cl)cc2)C1. The molecular weight excluding hydrogens is 398 g/mol. The first kappa shape index (κ1) is 23.1. The van der Waals surface area contributed by atoms with Gasteiger partial charge >= 0.3 is 0 Å². The Bertz CT molecular complexity index is 772. The molecule has 0 unspecified atom stereocenters. The average molecular weight is 434 g/mol. The molecule has 1 N–H and O–H groups in total. The number of nitrogens with zero attached hydrogens (tertiary/aromatic N) is 2. The van der Waals surface area contributed by atoms with E-state index in [0.717, 1.165) is 19.5 Å². The minimum absolute atomic E-state index is 0.00407. The van der Waals surface area contributed by atoms with Gasteiger partial charge in [-0.05, 0) is 51.8 Å². The first-order valence-electron chi connectivity index (χ1n) is 11.1. The maximum atomic E-state index is 13.7. The molecule has 166 valence electrons. The second-order valence-corrected chi connectivity index (χ2v) is 10.7. The fourth-order valence-corrected chi connectivity index (χ4v) is 4.80. The molecule has 1 aromatic carbocycles. The van der Waals surface area contributed by atoms with Crippen molar-refractivity contribution in [3.63, 3.8) is 0 Å². The quantitative estimate of drug-likeness (QED) is 0.783. The average Bonchev–Trinajstić information content (AvgIpc) is 3.25. The lowest BCUT2D eigenvalue weighted by atomic mass is 9.88. The molecule has 0 spiro atoms. The zero-order chi connectivity index (χ0) is 22.2. The molecular formula is C24H36ClN3O2. The predicted octanol–water partition coefficient (Wildman–Crippen LogP) is 3.92. The van der Waals surface area contributed by atoms with Gasteiger partial charge in [0.05, 0.1) is 5.92 Å². The van der Waals surface area contributed by atoms with Crippen LogP contribution < -0.4 is 5.32 Å². The van der Waals surface area contributed by atoms with Crippen molar-refractivity contribution in [1.29, 1.82) is 0 Å². The second-order valence-electron chi connectivity index (χ2n) is 10.3. The number of rotatable bonds is 4. The van der Waals surface area contributed by atoms with Crippen molar-refractivity contribution in [2.45, 2.75) is 71.5 Å². The molecule has 2 heterocycles. The van der Waals surface area contributed by atoms with Gasteiger partial charge in [-0.3, -0.25) is 14.5 Å². The summed E-state index contributed by atoms with van der Waals surface area (Å²) in [6, 6.07) is 8.09. The number of halogens is 1. The highest BCUT2D eigenvalue weighted by Gasteiger charge is 2.45. The van der Waals surface area contributed by atoms with Gasteiger partial charge in [0.15, 0.2) is 0 Å². The Morgan fingerprint density at radius 3 is 2.30 bits per heavy atom. The molecule has 2 amide bonds. The van der Waals surface area contributed by atoms with E-state index in [4.69, 9.17) is 11.6 Å². The Morgan fingerprint density at radius 1 is 1.10 bits per heavy atom. The van der Waals surface area contributed by atoms with Gasteiger partial charge in [-0.15, -0.1) is 0 Å². The molecule has 30 heavy (non-hydrogen) atoms. The zero-order valence-corrected chi connectivity index (χ0v) is 19.9. The zero-order valence-electron chi connectivity index (χ0n) is 19.1. The van der Waals surface area contributed by atoms with Crippen LogP contribution in [0.15, 0.2) is 24.3 Å². The number of likely N-dealkylation sites (tertiary alicyclic amines) is 2. The third-order valence-corrected chi connectivity index (χ3v) is 6.86. The van der Waals surface area contributed by atoms with Gasteiger partial charge in [0.25, 0.3) is 0 Å². The summed E-state index contributed by atoms with van der Waals surface area (Å²) in [6.07, 6.45) is 0.811. The molecule has 0 bridgehead atoms. The molecule has 0 saturated carbocycles. The van der Waals surface area contributed by atoms with Crippen molar-refractivity contribution in [1.82, 2.24) is 15.1 Å². The summed E-state index contributed by atoms with van der Waals surface area (Å²) in [5.74, 6) is 0.267. The van der Waals surface area contributed by atoms with Crippen LogP contribution >= 0.6 is 11.6 Å². The van der Waals surface area contributed by atoms with Gasteiger partial charge in [-0.1, -0.05) is 37.6 Å². The Labute approximate surface area is 186 Å². The van der Waals surface area contributed by atoms with Crippen molar-refractivity contribution >= 4 is 23.4 Å². The van der Waals surface area contributed by atoms with Crippen molar-refractivity contribution in [2.75, 3.05) is 19.6 Å². The topological polar surface area (TPSA) is 52.7 Å². The molecule has 0 aromatic heterocycles. The largest absolute Gasteiger partial charge is 0.351 e. The van der Waals surface area contributed by atoms with Gasteiger partial charge in [-0.25, -0.2) is 0 Å². The van der Waals surface area contributed by atoms with E-state index >= 15 is 0 Å². The van der Waals surface area contributed by atoms with E-state index in [-0.39, 0.29) is 47.2 Å². The van der Waals surface area contributed by atoms with Crippen molar-refractivity contribution in [3.8, 4) is 0 Å². The third-order valence-electron chi connectivity index (χ3n) is 6.61. The van der Waals surface area contributed by atoms with Crippen LogP contribution in [0.3, 0.4) is 0 Å². The van der Waals surface area contributed by atoms with Crippen LogP contribution in [0.25, 0.3) is 0 Å². The lowest BCUT2D eigenvalue weighted by Crippen LogP contribution is -2.44. The molecule has 1 aromatic rings. The minimum atomic E-state index is -0.0904. The number of nitrogens with one attached hydrogen (secondary N) is 1. The van der Waals surface area contributed by atoms with E-state index in [9.17, 15) is 9.59 Å². The van der Waals surface area contributed by atoms with E-state index in [1.165, 1.54) is 5.56 Å². The second kappa shape index (κ2) is 8.88. The summed E-state index contributed by atoms with van der Waals surface area (Å²) in [7, 11) is 0. The van der Waals surface area contributed by atoms with E-state index in [0.29, 0.717) is 11.6 Å². The number of benzene rings is 1. The lowest BCUT2D eigenvalue weighted by Gasteiger charge is -2.32. The predicted molar refractivity (Wildman–Crippen MR) is 122 cm³/mol. The van der Waals surface area contributed by atoms with E-state index in [2.05, 4.69) is 50.0 Å². The van der Waals surface area contributed by atoms with E-state index in [1.807, 2.05) is 30.9 Å². The van der Waals surface area contributed by atoms with Crippen LogP contribution in [-0.2, 0) is 9.59 Å². The molecule has 5 nitrogen and oxygen atoms in total. The first-order chi connectivity index (χ1) is 14.0. The number of amides is 2. The maximum absolute atomic E-state index is 13.7. The molecule has 2 saturated heterocycles. The van der Waals surface area contributed by atoms with Crippen LogP contribution in [0.4, 0.5) is 0 Å². The van der Waals surface area contributed by atoms with Crippen LogP contribution in [0.5, 0.6) is 0 Å². The van der Waals surface area contributed by atoms with Crippen molar-refractivity contribution in [2.24, 2.45) is 11.8 Å². The van der Waals surface area contributed by atoms with Gasteiger partial charge in [-0.2, -0.15) is 0 Å². The Kier molecular flexibility index (Phi) is 6.83. The van der Waals surface area contributed by atoms with Gasteiger partial charge in [0, 0.05) is 54.1 Å². The Morgan fingerprint density at radius 2 is 1.73 bits per heavy atom. The Balaban J connectivity index is 1.79. The summed E-state index contributed by atoms with van der Waals surface area (Å²) < 4.78 is 0. The van der Waals surface area contributed by atoms with Crippen LogP contribution in [0.1, 0.15) is 59.4 Å². The molecule has 4 atom stereocenters. The van der Waals surface area contributed by atoms with Gasteiger partial charge in [0.2, 0.25) is 11.8 Å². The molecule has 2 aliphatic heterocycles. The standard InChI is InChI=1S/C24H36ClN3O2/c1-15(2)22(29)26-19-11-16(3)28(12-19)23(30)21-14-27(24(4,5)6)13-20(21)17-7-9-18(25)10-8-17/h7-10,15-16,19-21H,11-14H2,1-6H3,(H,26,29)/t16-,19+,20+,21-/m1/s1. The monoisotopic (exact) mass is 433 g/mol. The van der Waals surface area contributed by atoms with Crippen molar-refractivity contribution < 1.29 is 9.59 Å².